The Morgan fingerprint density at radius 1 is 0.952 bits per heavy atom. The van der Waals surface area contributed by atoms with Gasteiger partial charge in [-0.1, -0.05) is 48.5 Å². The zero-order chi connectivity index (χ0) is 14.3. The van der Waals surface area contributed by atoms with E-state index in [2.05, 4.69) is 42.5 Å². The minimum Gasteiger partial charge on any atom is -0.392 e. The van der Waals surface area contributed by atoms with Crippen LogP contribution in [0.1, 0.15) is 41.5 Å². The number of aryl methyl sites for hydroxylation is 2. The summed E-state index contributed by atoms with van der Waals surface area (Å²) in [6.07, 6.45) is 6.47. The summed E-state index contributed by atoms with van der Waals surface area (Å²) in [5, 5.41) is 10.8. The van der Waals surface area contributed by atoms with Gasteiger partial charge in [0.1, 0.15) is 0 Å². The van der Waals surface area contributed by atoms with Gasteiger partial charge in [-0.2, -0.15) is 0 Å². The highest BCUT2D eigenvalue weighted by atomic mass is 16.3. The van der Waals surface area contributed by atoms with Gasteiger partial charge >= 0.3 is 0 Å². The van der Waals surface area contributed by atoms with Crippen LogP contribution in [0.25, 0.3) is 0 Å². The van der Waals surface area contributed by atoms with Crippen LogP contribution >= 0.6 is 0 Å². The fourth-order valence-corrected chi connectivity index (χ4v) is 3.89. The van der Waals surface area contributed by atoms with Crippen LogP contribution in [0.3, 0.4) is 0 Å². The lowest BCUT2D eigenvalue weighted by atomic mass is 9.86. The molecule has 0 heterocycles. The molecule has 2 aromatic rings. The van der Waals surface area contributed by atoms with Gasteiger partial charge in [0.25, 0.3) is 0 Å². The minimum atomic E-state index is -0.264. The molecule has 0 bridgehead atoms. The molecular formula is C20H22O. The monoisotopic (exact) mass is 278 g/mol. The highest BCUT2D eigenvalue weighted by Crippen LogP contribution is 2.51. The summed E-state index contributed by atoms with van der Waals surface area (Å²) in [5.74, 6) is 0. The molecule has 1 fully saturated rings. The minimum absolute atomic E-state index is 0.0142. The maximum Gasteiger partial charge on any atom is 0.0677 e. The lowest BCUT2D eigenvalue weighted by Gasteiger charge is -2.23. The maximum atomic E-state index is 10.8. The number of rotatable bonds is 4. The van der Waals surface area contributed by atoms with Gasteiger partial charge in [-0.3, -0.25) is 0 Å². The van der Waals surface area contributed by atoms with Gasteiger partial charge in [-0.25, -0.2) is 0 Å². The number of fused-ring (bicyclic) bond motifs is 1. The van der Waals surface area contributed by atoms with E-state index in [0.717, 1.165) is 19.3 Å². The topological polar surface area (TPSA) is 20.2 Å². The van der Waals surface area contributed by atoms with E-state index in [1.54, 1.807) is 0 Å². The largest absolute Gasteiger partial charge is 0.392 e. The van der Waals surface area contributed by atoms with Crippen molar-refractivity contribution in [3.05, 3.63) is 70.8 Å². The Hall–Kier alpha value is -1.60. The Labute approximate surface area is 126 Å². The van der Waals surface area contributed by atoms with E-state index < -0.39 is 0 Å². The molecule has 108 valence electrons. The van der Waals surface area contributed by atoms with Gasteiger partial charge < -0.3 is 5.11 Å². The Kier molecular flexibility index (Phi) is 3.11. The first-order chi connectivity index (χ1) is 10.3. The summed E-state index contributed by atoms with van der Waals surface area (Å²) >= 11 is 0. The van der Waals surface area contributed by atoms with E-state index in [-0.39, 0.29) is 11.5 Å². The summed E-state index contributed by atoms with van der Waals surface area (Å²) < 4.78 is 0. The van der Waals surface area contributed by atoms with E-state index in [0.29, 0.717) is 0 Å². The van der Waals surface area contributed by atoms with Crippen LogP contribution < -0.4 is 0 Å². The normalized spacial score (nSPS) is 20.0. The molecule has 0 saturated heterocycles. The Bertz CT molecular complexity index is 640. The smallest absolute Gasteiger partial charge is 0.0677 e. The van der Waals surface area contributed by atoms with Crippen LogP contribution in [-0.2, 0) is 24.7 Å². The van der Waals surface area contributed by atoms with Crippen molar-refractivity contribution in [3.63, 3.8) is 0 Å². The number of hydrogen-bond acceptors (Lipinski definition) is 1. The second kappa shape index (κ2) is 4.99. The molecule has 2 aliphatic carbocycles. The molecular weight excluding hydrogens is 256 g/mol. The first-order valence-corrected chi connectivity index (χ1v) is 8.12. The van der Waals surface area contributed by atoms with Crippen molar-refractivity contribution >= 4 is 0 Å². The predicted molar refractivity (Wildman–Crippen MR) is 85.5 cm³/mol. The van der Waals surface area contributed by atoms with E-state index in [9.17, 15) is 5.11 Å². The van der Waals surface area contributed by atoms with Crippen molar-refractivity contribution in [1.82, 2.24) is 0 Å². The van der Waals surface area contributed by atoms with Gasteiger partial charge in [0, 0.05) is 5.41 Å². The highest BCUT2D eigenvalue weighted by Gasteiger charge is 2.49. The zero-order valence-electron chi connectivity index (χ0n) is 12.4. The standard InChI is InChI=1S/C20H22O/c21-19(20(11-12-20)18-7-2-1-3-8-18)14-15-9-10-16-5-4-6-17(16)13-15/h1-3,7-10,13,19,21H,4-6,11-12,14H2. The molecule has 0 amide bonds. The average Bonchev–Trinajstić information content (AvgIpc) is 3.21. The molecule has 4 rings (SSSR count). The van der Waals surface area contributed by atoms with Gasteiger partial charge in [0.05, 0.1) is 6.10 Å². The molecule has 2 aliphatic rings. The maximum absolute atomic E-state index is 10.8. The summed E-state index contributed by atoms with van der Waals surface area (Å²) in [7, 11) is 0. The molecule has 1 unspecified atom stereocenters. The van der Waals surface area contributed by atoms with Crippen molar-refractivity contribution in [2.24, 2.45) is 0 Å². The Balaban J connectivity index is 1.55. The molecule has 1 heteroatoms. The third-order valence-electron chi connectivity index (χ3n) is 5.37. The van der Waals surface area contributed by atoms with E-state index >= 15 is 0 Å². The van der Waals surface area contributed by atoms with Crippen LogP contribution in [0.4, 0.5) is 0 Å². The van der Waals surface area contributed by atoms with Crippen molar-refractivity contribution in [3.8, 4) is 0 Å². The summed E-state index contributed by atoms with van der Waals surface area (Å²) in [4.78, 5) is 0. The van der Waals surface area contributed by atoms with E-state index in [1.165, 1.54) is 41.5 Å². The Morgan fingerprint density at radius 2 is 1.71 bits per heavy atom. The third-order valence-corrected chi connectivity index (χ3v) is 5.37. The summed E-state index contributed by atoms with van der Waals surface area (Å²) in [6.45, 7) is 0. The highest BCUT2D eigenvalue weighted by molar-refractivity contribution is 5.38. The second-order valence-electron chi connectivity index (χ2n) is 6.70. The fourth-order valence-electron chi connectivity index (χ4n) is 3.89. The lowest BCUT2D eigenvalue weighted by Crippen LogP contribution is -2.28. The first kappa shape index (κ1) is 13.1. The average molecular weight is 278 g/mol. The lowest BCUT2D eigenvalue weighted by molar-refractivity contribution is 0.131. The van der Waals surface area contributed by atoms with Gasteiger partial charge in [0.15, 0.2) is 0 Å². The van der Waals surface area contributed by atoms with Crippen molar-refractivity contribution in [2.45, 2.75) is 50.0 Å². The fraction of sp³-hybridized carbons (Fsp3) is 0.400. The van der Waals surface area contributed by atoms with Crippen molar-refractivity contribution in [1.29, 1.82) is 0 Å². The number of benzene rings is 2. The van der Waals surface area contributed by atoms with Crippen LogP contribution in [0, 0.1) is 0 Å². The Morgan fingerprint density at radius 3 is 2.48 bits per heavy atom. The van der Waals surface area contributed by atoms with Crippen LogP contribution in [0.15, 0.2) is 48.5 Å². The van der Waals surface area contributed by atoms with Crippen molar-refractivity contribution < 1.29 is 5.11 Å². The van der Waals surface area contributed by atoms with Gasteiger partial charge in [-0.05, 0) is 60.8 Å². The molecule has 0 aliphatic heterocycles. The molecule has 1 N–H and O–H groups in total. The third kappa shape index (κ3) is 2.30. The molecule has 1 atom stereocenters. The zero-order valence-corrected chi connectivity index (χ0v) is 12.4. The predicted octanol–water partition coefficient (Wildman–Crippen LogP) is 3.81. The molecule has 0 radical (unpaired) electrons. The number of hydrogen-bond donors (Lipinski definition) is 1. The molecule has 1 nitrogen and oxygen atoms in total. The molecule has 21 heavy (non-hydrogen) atoms. The molecule has 0 spiro atoms. The molecule has 1 saturated carbocycles. The second-order valence-corrected chi connectivity index (χ2v) is 6.70. The first-order valence-electron chi connectivity index (χ1n) is 8.12. The number of aliphatic hydroxyl groups is 1. The SMILES string of the molecule is OC(Cc1ccc2c(c1)CCC2)C1(c2ccccc2)CC1. The van der Waals surface area contributed by atoms with Crippen molar-refractivity contribution in [2.75, 3.05) is 0 Å². The van der Waals surface area contributed by atoms with Crippen LogP contribution in [0.2, 0.25) is 0 Å². The molecule has 2 aromatic carbocycles. The quantitative estimate of drug-likeness (QED) is 0.901. The van der Waals surface area contributed by atoms with Crippen LogP contribution in [-0.4, -0.2) is 11.2 Å². The van der Waals surface area contributed by atoms with Crippen LogP contribution in [0.5, 0.6) is 0 Å². The molecule has 0 aromatic heterocycles. The van der Waals surface area contributed by atoms with E-state index in [1.807, 2.05) is 6.07 Å². The van der Waals surface area contributed by atoms with Gasteiger partial charge in [0.2, 0.25) is 0 Å². The van der Waals surface area contributed by atoms with Gasteiger partial charge in [-0.15, -0.1) is 0 Å². The van der Waals surface area contributed by atoms with E-state index in [4.69, 9.17) is 0 Å². The number of aliphatic hydroxyl groups excluding tert-OH is 1. The summed E-state index contributed by atoms with van der Waals surface area (Å²) in [6, 6.07) is 17.4. The summed E-state index contributed by atoms with van der Waals surface area (Å²) in [5.41, 5.74) is 5.63.